The molecule has 4 unspecified atom stereocenters. The van der Waals surface area contributed by atoms with Crippen LogP contribution in [0.15, 0.2) is 15.8 Å². The van der Waals surface area contributed by atoms with Gasteiger partial charge >= 0.3 is 19.5 Å². The smallest absolute Gasteiger partial charge is 0.470 e. The molecule has 0 aliphatic carbocycles. The lowest BCUT2D eigenvalue weighted by Gasteiger charge is -2.20. The minimum absolute atomic E-state index is 0.317. The molecule has 2 rings (SSSR count). The molecule has 25 heavy (non-hydrogen) atoms. The lowest BCUT2D eigenvalue weighted by Crippen LogP contribution is -2.39. The van der Waals surface area contributed by atoms with Crippen LogP contribution in [0.1, 0.15) is 11.8 Å². The molecule has 14 heteroatoms. The molecule has 1 aliphatic rings. The number of aliphatic carboxylic acids is 1. The zero-order chi connectivity index (χ0) is 18.9. The Labute approximate surface area is 138 Å². The number of ether oxygens (including phenoxy) is 1. The van der Waals surface area contributed by atoms with E-state index < -0.39 is 62.6 Å². The van der Waals surface area contributed by atoms with Crippen LogP contribution in [0, 0.1) is 0 Å². The van der Waals surface area contributed by atoms with Crippen LogP contribution in [0.5, 0.6) is 0 Å². The Kier molecular flexibility index (Phi) is 5.58. The lowest BCUT2D eigenvalue weighted by molar-refractivity contribution is -0.136. The fourth-order valence-electron chi connectivity index (χ4n) is 2.39. The molecule has 0 amide bonds. The van der Waals surface area contributed by atoms with E-state index in [1.165, 1.54) is 0 Å². The van der Waals surface area contributed by atoms with Crippen LogP contribution in [0.2, 0.25) is 0 Å². The number of phosphoric ester groups is 1. The van der Waals surface area contributed by atoms with Gasteiger partial charge in [0.15, 0.2) is 6.23 Å². The van der Waals surface area contributed by atoms with Crippen molar-refractivity contribution in [2.45, 2.75) is 31.0 Å². The highest BCUT2D eigenvalue weighted by atomic mass is 31.2. The number of phosphoric acid groups is 1. The van der Waals surface area contributed by atoms with Crippen molar-refractivity contribution in [3.8, 4) is 0 Å². The molecule has 1 aliphatic heterocycles. The fraction of sp³-hybridized carbons (Fsp3) is 0.545. The Morgan fingerprint density at radius 2 is 2.04 bits per heavy atom. The van der Waals surface area contributed by atoms with Gasteiger partial charge in [-0.05, 0) is 0 Å². The minimum Gasteiger partial charge on any atom is -0.481 e. The van der Waals surface area contributed by atoms with Gasteiger partial charge in [-0.25, -0.2) is 9.36 Å². The molecule has 140 valence electrons. The van der Waals surface area contributed by atoms with Gasteiger partial charge in [0.1, 0.15) is 18.3 Å². The molecule has 1 saturated heterocycles. The molecule has 13 nitrogen and oxygen atoms in total. The largest absolute Gasteiger partial charge is 0.481 e. The number of hydrogen-bond donors (Lipinski definition) is 6. The summed E-state index contributed by atoms with van der Waals surface area (Å²) in [4.78, 5) is 53.8. The lowest BCUT2D eigenvalue weighted by atomic mass is 10.1. The number of rotatable bonds is 6. The molecule has 0 saturated carbocycles. The summed E-state index contributed by atoms with van der Waals surface area (Å²) in [6.45, 7) is -0.793. The van der Waals surface area contributed by atoms with Crippen molar-refractivity contribution in [1.82, 2.24) is 9.55 Å². The van der Waals surface area contributed by atoms with E-state index in [4.69, 9.17) is 19.6 Å². The first-order valence-electron chi connectivity index (χ1n) is 6.78. The highest BCUT2D eigenvalue weighted by Gasteiger charge is 2.48. The number of aliphatic hydroxyl groups excluding tert-OH is 2. The van der Waals surface area contributed by atoms with Gasteiger partial charge in [0.25, 0.3) is 5.56 Å². The molecule has 0 radical (unpaired) electrons. The fourth-order valence-corrected chi connectivity index (χ4v) is 2.97. The number of aromatic nitrogens is 2. The predicted molar refractivity (Wildman–Crippen MR) is 76.6 cm³/mol. The molecule has 2 heterocycles. The van der Waals surface area contributed by atoms with E-state index in [2.05, 4.69) is 4.52 Å². The quantitative estimate of drug-likeness (QED) is 0.271. The highest BCUT2D eigenvalue weighted by Crippen LogP contribution is 2.43. The van der Waals surface area contributed by atoms with E-state index in [9.17, 15) is 29.2 Å². The first-order valence-corrected chi connectivity index (χ1v) is 8.31. The maximum Gasteiger partial charge on any atom is 0.470 e. The van der Waals surface area contributed by atoms with Gasteiger partial charge < -0.3 is 29.8 Å². The number of carboxylic acid groups (broad SMARTS) is 1. The van der Waals surface area contributed by atoms with Gasteiger partial charge in [0.2, 0.25) is 0 Å². The molecule has 4 atom stereocenters. The van der Waals surface area contributed by atoms with Crippen molar-refractivity contribution in [2.75, 3.05) is 6.61 Å². The Morgan fingerprint density at radius 3 is 2.56 bits per heavy atom. The zero-order valence-corrected chi connectivity index (χ0v) is 13.3. The zero-order valence-electron chi connectivity index (χ0n) is 12.4. The number of nitrogens with one attached hydrogen (secondary N) is 1. The number of aromatic amines is 1. The molecule has 1 fully saturated rings. The molecule has 1 aromatic heterocycles. The molecule has 0 aromatic carbocycles. The third-order valence-electron chi connectivity index (χ3n) is 3.41. The third kappa shape index (κ3) is 4.41. The SMILES string of the molecule is O=C(O)Cc1cn(C2OC(CO)C(OP(=O)(O)O)C2O)c(=O)[nH]c1=O. The number of hydrogen-bond acceptors (Lipinski definition) is 8. The summed E-state index contributed by atoms with van der Waals surface area (Å²) in [5.74, 6) is -1.35. The second-order valence-corrected chi connectivity index (χ2v) is 6.38. The van der Waals surface area contributed by atoms with Crippen LogP contribution in [-0.2, 0) is 25.0 Å². The number of carbonyl (C=O) groups is 1. The second kappa shape index (κ2) is 7.17. The molecule has 6 N–H and O–H groups in total. The van der Waals surface area contributed by atoms with Crippen molar-refractivity contribution >= 4 is 13.8 Å². The Morgan fingerprint density at radius 1 is 1.40 bits per heavy atom. The van der Waals surface area contributed by atoms with Crippen molar-refractivity contribution in [1.29, 1.82) is 0 Å². The van der Waals surface area contributed by atoms with E-state index in [-0.39, 0.29) is 5.56 Å². The summed E-state index contributed by atoms with van der Waals surface area (Å²) in [6, 6.07) is 0. The molecular formula is C11H15N2O11P. The van der Waals surface area contributed by atoms with Crippen LogP contribution >= 0.6 is 7.82 Å². The Hall–Kier alpha value is -1.86. The first kappa shape index (κ1) is 19.5. The van der Waals surface area contributed by atoms with Crippen LogP contribution in [-0.4, -0.2) is 65.5 Å². The van der Waals surface area contributed by atoms with Crippen LogP contribution in [0.3, 0.4) is 0 Å². The van der Waals surface area contributed by atoms with E-state index in [0.717, 1.165) is 6.20 Å². The summed E-state index contributed by atoms with van der Waals surface area (Å²) in [5, 5.41) is 28.1. The molecule has 1 aromatic rings. The summed E-state index contributed by atoms with van der Waals surface area (Å²) in [7, 11) is -5.04. The summed E-state index contributed by atoms with van der Waals surface area (Å²) < 4.78 is 21.2. The standard InChI is InChI=1S/C11H15N2O11P/c14-3-5-8(24-25(20,21)22)7(17)10(23-5)13-2-4(1-6(15)16)9(18)12-11(13)19/h2,5,7-8,10,14,17H,1,3H2,(H,15,16)(H,12,18,19)(H2,20,21,22). The molecule has 0 spiro atoms. The van der Waals surface area contributed by atoms with E-state index >= 15 is 0 Å². The summed E-state index contributed by atoms with van der Waals surface area (Å²) >= 11 is 0. The maximum atomic E-state index is 11.9. The van der Waals surface area contributed by atoms with Gasteiger partial charge in [-0.15, -0.1) is 0 Å². The number of aliphatic hydroxyl groups is 2. The van der Waals surface area contributed by atoms with Crippen LogP contribution in [0.4, 0.5) is 0 Å². The first-order chi connectivity index (χ1) is 11.5. The average molecular weight is 382 g/mol. The van der Waals surface area contributed by atoms with E-state index in [1.807, 2.05) is 4.98 Å². The van der Waals surface area contributed by atoms with Gasteiger partial charge in [0, 0.05) is 11.8 Å². The third-order valence-corrected chi connectivity index (χ3v) is 3.92. The van der Waals surface area contributed by atoms with Crippen LogP contribution in [0.25, 0.3) is 0 Å². The van der Waals surface area contributed by atoms with Crippen molar-refractivity contribution in [3.63, 3.8) is 0 Å². The van der Waals surface area contributed by atoms with E-state index in [0.29, 0.717) is 4.57 Å². The van der Waals surface area contributed by atoms with Gasteiger partial charge in [-0.1, -0.05) is 0 Å². The minimum atomic E-state index is -5.04. The Bertz CT molecular complexity index is 811. The average Bonchev–Trinajstić information content (AvgIpc) is 2.77. The van der Waals surface area contributed by atoms with Gasteiger partial charge in [-0.2, -0.15) is 0 Å². The monoisotopic (exact) mass is 382 g/mol. The Balaban J connectivity index is 2.41. The maximum absolute atomic E-state index is 11.9. The highest BCUT2D eigenvalue weighted by molar-refractivity contribution is 7.46. The predicted octanol–water partition coefficient (Wildman–Crippen LogP) is -3.11. The normalized spacial score (nSPS) is 26.7. The van der Waals surface area contributed by atoms with Gasteiger partial charge in [-0.3, -0.25) is 23.7 Å². The number of nitrogens with zero attached hydrogens (tertiary/aromatic N) is 1. The summed E-state index contributed by atoms with van der Waals surface area (Å²) in [6.07, 6.45) is -6.30. The summed E-state index contributed by atoms with van der Waals surface area (Å²) in [5.41, 5.74) is -2.32. The second-order valence-electron chi connectivity index (χ2n) is 5.19. The van der Waals surface area contributed by atoms with Crippen molar-refractivity contribution in [3.05, 3.63) is 32.6 Å². The molecule has 0 bridgehead atoms. The van der Waals surface area contributed by atoms with Crippen LogP contribution < -0.4 is 11.2 Å². The topological polar surface area (TPSA) is 209 Å². The van der Waals surface area contributed by atoms with E-state index in [1.54, 1.807) is 0 Å². The number of H-pyrrole nitrogens is 1. The number of carboxylic acids is 1. The van der Waals surface area contributed by atoms with Gasteiger partial charge in [0.05, 0.1) is 13.0 Å². The molecular weight excluding hydrogens is 367 g/mol. The van der Waals surface area contributed by atoms with Crippen molar-refractivity contribution < 1.29 is 43.7 Å². The van der Waals surface area contributed by atoms with Crippen molar-refractivity contribution in [2.24, 2.45) is 0 Å².